The number of hydrogen-bond acceptors (Lipinski definition) is 2. The monoisotopic (exact) mass is 385 g/mol. The number of amides is 1. The maximum atomic E-state index is 12.6. The molecule has 3 aromatic rings. The normalized spacial score (nSPS) is 10.8. The van der Waals surface area contributed by atoms with E-state index in [0.717, 1.165) is 27.6 Å². The van der Waals surface area contributed by atoms with E-state index in [-0.39, 0.29) is 5.91 Å². The Morgan fingerprint density at radius 2 is 1.79 bits per heavy atom. The van der Waals surface area contributed by atoms with Crippen molar-refractivity contribution in [3.8, 4) is 0 Å². The van der Waals surface area contributed by atoms with Crippen LogP contribution in [0.25, 0.3) is 10.9 Å². The second-order valence-corrected chi connectivity index (χ2v) is 6.54. The Kier molecular flexibility index (Phi) is 4.90. The van der Waals surface area contributed by atoms with Crippen LogP contribution in [0.4, 0.5) is 5.69 Å². The zero-order valence-corrected chi connectivity index (χ0v) is 15.4. The second kappa shape index (κ2) is 7.09. The summed E-state index contributed by atoms with van der Waals surface area (Å²) >= 11 is 3.57. The van der Waals surface area contributed by atoms with Gasteiger partial charge in [-0.2, -0.15) is 0 Å². The maximum absolute atomic E-state index is 12.6. The minimum absolute atomic E-state index is 0.0676. The molecule has 1 amide bonds. The van der Waals surface area contributed by atoms with E-state index in [2.05, 4.69) is 38.3 Å². The van der Waals surface area contributed by atoms with Gasteiger partial charge in [-0.25, -0.2) is 0 Å². The average Bonchev–Trinajstić information content (AvgIpc) is 2.87. The van der Waals surface area contributed by atoms with E-state index in [0.29, 0.717) is 12.2 Å². The highest BCUT2D eigenvalue weighted by atomic mass is 79.9. The van der Waals surface area contributed by atoms with E-state index in [9.17, 15) is 4.79 Å². The number of para-hydroxylation sites is 2. The SMILES string of the molecule is CN(CCNC(=O)c1c(Br)c2ccccc2n1C)c1ccccc1. The summed E-state index contributed by atoms with van der Waals surface area (Å²) in [4.78, 5) is 14.7. The second-order valence-electron chi connectivity index (χ2n) is 5.75. The van der Waals surface area contributed by atoms with Crippen LogP contribution in [0, 0.1) is 0 Å². The number of rotatable bonds is 5. The molecule has 5 heteroatoms. The first-order valence-electron chi connectivity index (χ1n) is 7.87. The summed E-state index contributed by atoms with van der Waals surface area (Å²) in [5, 5.41) is 4.06. The molecular weight excluding hydrogens is 366 g/mol. The number of halogens is 1. The lowest BCUT2D eigenvalue weighted by Crippen LogP contribution is -2.33. The molecule has 0 atom stereocenters. The van der Waals surface area contributed by atoms with Crippen molar-refractivity contribution in [2.45, 2.75) is 0 Å². The third-order valence-corrected chi connectivity index (χ3v) is 4.99. The van der Waals surface area contributed by atoms with Gasteiger partial charge in [0.05, 0.1) is 4.47 Å². The lowest BCUT2D eigenvalue weighted by molar-refractivity contribution is 0.0946. The number of carbonyl (C=O) groups excluding carboxylic acids is 1. The van der Waals surface area contributed by atoms with Gasteiger partial charge in [0.1, 0.15) is 5.69 Å². The van der Waals surface area contributed by atoms with Crippen LogP contribution >= 0.6 is 15.9 Å². The molecule has 0 saturated carbocycles. The van der Waals surface area contributed by atoms with E-state index in [1.54, 1.807) is 0 Å². The highest BCUT2D eigenvalue weighted by Gasteiger charge is 2.18. The molecule has 24 heavy (non-hydrogen) atoms. The third kappa shape index (κ3) is 3.17. The molecule has 0 saturated heterocycles. The zero-order valence-electron chi connectivity index (χ0n) is 13.8. The molecule has 0 radical (unpaired) electrons. The van der Waals surface area contributed by atoms with Crippen molar-refractivity contribution in [2.75, 3.05) is 25.0 Å². The highest BCUT2D eigenvalue weighted by molar-refractivity contribution is 9.10. The summed E-state index contributed by atoms with van der Waals surface area (Å²) in [5.41, 5.74) is 2.83. The van der Waals surface area contributed by atoms with Gasteiger partial charge in [-0.05, 0) is 34.1 Å². The Balaban J connectivity index is 1.68. The highest BCUT2D eigenvalue weighted by Crippen LogP contribution is 2.30. The van der Waals surface area contributed by atoms with Crippen LogP contribution in [0.5, 0.6) is 0 Å². The van der Waals surface area contributed by atoms with E-state index in [1.165, 1.54) is 0 Å². The first-order valence-corrected chi connectivity index (χ1v) is 8.66. The van der Waals surface area contributed by atoms with Gasteiger partial charge in [0, 0.05) is 43.8 Å². The first kappa shape index (κ1) is 16.6. The van der Waals surface area contributed by atoms with Crippen LogP contribution in [0.15, 0.2) is 59.1 Å². The number of nitrogens with one attached hydrogen (secondary N) is 1. The summed E-state index contributed by atoms with van der Waals surface area (Å²) in [6.07, 6.45) is 0. The van der Waals surface area contributed by atoms with E-state index in [1.807, 2.05) is 61.1 Å². The number of anilines is 1. The largest absolute Gasteiger partial charge is 0.373 e. The summed E-state index contributed by atoms with van der Waals surface area (Å²) in [7, 11) is 3.94. The fraction of sp³-hybridized carbons (Fsp3) is 0.211. The standard InChI is InChI=1S/C19H20BrN3O/c1-22(14-8-4-3-5-9-14)13-12-21-19(24)18-17(20)15-10-6-7-11-16(15)23(18)2/h3-11H,12-13H2,1-2H3,(H,21,24). The van der Waals surface area contributed by atoms with Crippen molar-refractivity contribution < 1.29 is 4.79 Å². The van der Waals surface area contributed by atoms with Crippen molar-refractivity contribution in [3.05, 3.63) is 64.8 Å². The van der Waals surface area contributed by atoms with Gasteiger partial charge >= 0.3 is 0 Å². The van der Waals surface area contributed by atoms with Crippen molar-refractivity contribution >= 4 is 38.4 Å². The lowest BCUT2D eigenvalue weighted by atomic mass is 10.2. The Hall–Kier alpha value is -2.27. The minimum atomic E-state index is -0.0676. The molecule has 2 aromatic carbocycles. The van der Waals surface area contributed by atoms with Crippen LogP contribution in [-0.4, -0.2) is 30.6 Å². The van der Waals surface area contributed by atoms with Gasteiger partial charge in [-0.3, -0.25) is 4.79 Å². The molecule has 4 nitrogen and oxygen atoms in total. The first-order chi connectivity index (χ1) is 11.6. The summed E-state index contributed by atoms with van der Waals surface area (Å²) < 4.78 is 2.77. The number of likely N-dealkylation sites (N-methyl/N-ethyl adjacent to an activating group) is 1. The van der Waals surface area contributed by atoms with Crippen molar-refractivity contribution in [3.63, 3.8) is 0 Å². The summed E-state index contributed by atoms with van der Waals surface area (Å²) in [6.45, 7) is 1.33. The van der Waals surface area contributed by atoms with Crippen LogP contribution in [0.1, 0.15) is 10.5 Å². The fourth-order valence-corrected chi connectivity index (χ4v) is 3.61. The number of aryl methyl sites for hydroxylation is 1. The van der Waals surface area contributed by atoms with Gasteiger partial charge in [0.25, 0.3) is 5.91 Å². The maximum Gasteiger partial charge on any atom is 0.269 e. The molecule has 124 valence electrons. The van der Waals surface area contributed by atoms with Crippen LogP contribution in [0.2, 0.25) is 0 Å². The molecule has 0 aliphatic rings. The number of nitrogens with zero attached hydrogens (tertiary/aromatic N) is 2. The number of benzene rings is 2. The van der Waals surface area contributed by atoms with Crippen molar-refractivity contribution in [1.29, 1.82) is 0 Å². The molecule has 1 N–H and O–H groups in total. The van der Waals surface area contributed by atoms with E-state index >= 15 is 0 Å². The predicted molar refractivity (Wildman–Crippen MR) is 103 cm³/mol. The summed E-state index contributed by atoms with van der Waals surface area (Å²) in [6, 6.07) is 18.1. The smallest absolute Gasteiger partial charge is 0.269 e. The Labute approximate surface area is 150 Å². The molecule has 0 fully saturated rings. The minimum Gasteiger partial charge on any atom is -0.373 e. The van der Waals surface area contributed by atoms with E-state index < -0.39 is 0 Å². The predicted octanol–water partition coefficient (Wildman–Crippen LogP) is 3.81. The molecule has 0 bridgehead atoms. The topological polar surface area (TPSA) is 37.3 Å². The summed E-state index contributed by atoms with van der Waals surface area (Å²) in [5.74, 6) is -0.0676. The Morgan fingerprint density at radius 1 is 1.12 bits per heavy atom. The lowest BCUT2D eigenvalue weighted by Gasteiger charge is -2.19. The van der Waals surface area contributed by atoms with Crippen LogP contribution in [0.3, 0.4) is 0 Å². The van der Waals surface area contributed by atoms with Gasteiger partial charge in [-0.15, -0.1) is 0 Å². The molecular formula is C19H20BrN3O. The number of hydrogen-bond donors (Lipinski definition) is 1. The van der Waals surface area contributed by atoms with Crippen molar-refractivity contribution in [1.82, 2.24) is 9.88 Å². The van der Waals surface area contributed by atoms with E-state index in [4.69, 9.17) is 0 Å². The Bertz CT molecular complexity index is 819. The molecule has 0 unspecified atom stereocenters. The molecule has 1 aromatic heterocycles. The third-order valence-electron chi connectivity index (χ3n) is 4.19. The van der Waals surface area contributed by atoms with Gasteiger partial charge in [0.15, 0.2) is 0 Å². The van der Waals surface area contributed by atoms with Crippen molar-refractivity contribution in [2.24, 2.45) is 7.05 Å². The number of aromatic nitrogens is 1. The quantitative estimate of drug-likeness (QED) is 0.724. The molecule has 1 heterocycles. The fourth-order valence-electron chi connectivity index (χ4n) is 2.83. The van der Waals surface area contributed by atoms with Gasteiger partial charge < -0.3 is 14.8 Å². The molecule has 3 rings (SSSR count). The van der Waals surface area contributed by atoms with Crippen LogP contribution < -0.4 is 10.2 Å². The molecule has 0 spiro atoms. The Morgan fingerprint density at radius 3 is 2.50 bits per heavy atom. The van der Waals surface area contributed by atoms with Gasteiger partial charge in [-0.1, -0.05) is 36.4 Å². The zero-order chi connectivity index (χ0) is 17.1. The van der Waals surface area contributed by atoms with Gasteiger partial charge in [0.2, 0.25) is 0 Å². The molecule has 0 aliphatic heterocycles. The van der Waals surface area contributed by atoms with Crippen LogP contribution in [-0.2, 0) is 7.05 Å². The number of fused-ring (bicyclic) bond motifs is 1. The molecule has 0 aliphatic carbocycles. The number of carbonyl (C=O) groups is 1. The average molecular weight is 386 g/mol.